The highest BCUT2D eigenvalue weighted by Crippen LogP contribution is 2.28. The molecule has 2 heterocycles. The van der Waals surface area contributed by atoms with Gasteiger partial charge in [0.15, 0.2) is 5.13 Å². The highest BCUT2D eigenvalue weighted by Gasteiger charge is 2.11. The zero-order chi connectivity index (χ0) is 19.5. The summed E-state index contributed by atoms with van der Waals surface area (Å²) in [5, 5.41) is 7.24. The van der Waals surface area contributed by atoms with Crippen molar-refractivity contribution in [1.82, 2.24) is 9.97 Å². The van der Waals surface area contributed by atoms with E-state index < -0.39 is 0 Å². The standard InChI is InChI=1S/C20H15Cl2N3O2S/c21-13-5-6-18(16(22)8-13)27-10-14-11-28-20(24-14)25-19(26)7-12-9-23-17-4-2-1-3-15(12)17/h1-6,8-9,11,23H,7,10H2,(H,24,25,26). The van der Waals surface area contributed by atoms with Crippen LogP contribution in [0.2, 0.25) is 10.0 Å². The first-order valence-corrected chi connectivity index (χ1v) is 10.1. The van der Waals surface area contributed by atoms with Crippen molar-refractivity contribution in [3.63, 3.8) is 0 Å². The normalized spacial score (nSPS) is 10.9. The molecule has 0 unspecified atom stereocenters. The van der Waals surface area contributed by atoms with Crippen molar-refractivity contribution in [3.05, 3.63) is 75.3 Å². The molecule has 0 atom stereocenters. The van der Waals surface area contributed by atoms with E-state index in [0.29, 0.717) is 26.6 Å². The quantitative estimate of drug-likeness (QED) is 0.411. The van der Waals surface area contributed by atoms with E-state index in [1.165, 1.54) is 11.3 Å². The number of aromatic amines is 1. The van der Waals surface area contributed by atoms with E-state index in [1.54, 1.807) is 18.2 Å². The van der Waals surface area contributed by atoms with Crippen LogP contribution in [0.1, 0.15) is 11.3 Å². The van der Waals surface area contributed by atoms with Crippen molar-refractivity contribution in [2.75, 3.05) is 5.32 Å². The molecule has 1 amide bonds. The average Bonchev–Trinajstić information content (AvgIpc) is 3.28. The number of thiazole rings is 1. The third-order valence-corrected chi connectivity index (χ3v) is 5.43. The molecule has 0 saturated carbocycles. The van der Waals surface area contributed by atoms with Crippen molar-refractivity contribution in [1.29, 1.82) is 0 Å². The fourth-order valence-corrected chi connectivity index (χ4v) is 3.96. The van der Waals surface area contributed by atoms with E-state index in [4.69, 9.17) is 27.9 Å². The third kappa shape index (κ3) is 4.30. The van der Waals surface area contributed by atoms with E-state index in [2.05, 4.69) is 15.3 Å². The van der Waals surface area contributed by atoms with E-state index in [9.17, 15) is 4.79 Å². The fraction of sp³-hybridized carbons (Fsp3) is 0.100. The number of para-hydroxylation sites is 1. The van der Waals surface area contributed by atoms with E-state index in [-0.39, 0.29) is 18.9 Å². The average molecular weight is 432 g/mol. The van der Waals surface area contributed by atoms with Crippen LogP contribution in [0.3, 0.4) is 0 Å². The molecule has 0 bridgehead atoms. The second kappa shape index (κ2) is 8.22. The molecule has 0 aliphatic rings. The maximum Gasteiger partial charge on any atom is 0.230 e. The molecule has 0 saturated heterocycles. The van der Waals surface area contributed by atoms with Crippen molar-refractivity contribution in [3.8, 4) is 5.75 Å². The number of halogens is 2. The molecule has 5 nitrogen and oxygen atoms in total. The van der Waals surface area contributed by atoms with Crippen LogP contribution >= 0.6 is 34.5 Å². The van der Waals surface area contributed by atoms with Crippen LogP contribution in [0.4, 0.5) is 5.13 Å². The van der Waals surface area contributed by atoms with Gasteiger partial charge in [-0.2, -0.15) is 0 Å². The Kier molecular flexibility index (Phi) is 5.52. The number of nitrogens with one attached hydrogen (secondary N) is 2. The number of anilines is 1. The lowest BCUT2D eigenvalue weighted by atomic mass is 10.1. The van der Waals surface area contributed by atoms with Gasteiger partial charge >= 0.3 is 0 Å². The zero-order valence-electron chi connectivity index (χ0n) is 14.5. The Bertz CT molecular complexity index is 1140. The molecule has 0 aliphatic heterocycles. The molecular formula is C20H15Cl2N3O2S. The number of hydrogen-bond donors (Lipinski definition) is 2. The van der Waals surface area contributed by atoms with Crippen LogP contribution in [0.15, 0.2) is 54.0 Å². The van der Waals surface area contributed by atoms with Crippen LogP contribution in [0.25, 0.3) is 10.9 Å². The van der Waals surface area contributed by atoms with Gasteiger partial charge in [-0.3, -0.25) is 4.79 Å². The van der Waals surface area contributed by atoms with Crippen molar-refractivity contribution in [2.24, 2.45) is 0 Å². The van der Waals surface area contributed by atoms with Gasteiger partial charge in [0, 0.05) is 27.5 Å². The highest BCUT2D eigenvalue weighted by atomic mass is 35.5. The van der Waals surface area contributed by atoms with Gasteiger partial charge in [-0.05, 0) is 29.8 Å². The second-order valence-electron chi connectivity index (χ2n) is 6.09. The maximum absolute atomic E-state index is 12.4. The molecule has 0 aliphatic carbocycles. The number of nitrogens with zero attached hydrogens (tertiary/aromatic N) is 1. The van der Waals surface area contributed by atoms with Gasteiger partial charge in [-0.1, -0.05) is 41.4 Å². The molecule has 142 valence electrons. The molecule has 2 N–H and O–H groups in total. The number of aromatic nitrogens is 2. The highest BCUT2D eigenvalue weighted by molar-refractivity contribution is 7.13. The van der Waals surface area contributed by atoms with Gasteiger partial charge < -0.3 is 15.0 Å². The van der Waals surface area contributed by atoms with Gasteiger partial charge in [0.2, 0.25) is 5.91 Å². The molecular weight excluding hydrogens is 417 g/mol. The number of benzene rings is 2. The first-order valence-electron chi connectivity index (χ1n) is 8.45. The smallest absolute Gasteiger partial charge is 0.230 e. The summed E-state index contributed by atoms with van der Waals surface area (Å²) in [4.78, 5) is 19.9. The summed E-state index contributed by atoms with van der Waals surface area (Å²) in [7, 11) is 0. The first kappa shape index (κ1) is 18.8. The summed E-state index contributed by atoms with van der Waals surface area (Å²) >= 11 is 13.3. The largest absolute Gasteiger partial charge is 0.486 e. The minimum Gasteiger partial charge on any atom is -0.486 e. The SMILES string of the molecule is O=C(Cc1c[nH]c2ccccc12)Nc1nc(COc2ccc(Cl)cc2Cl)cs1. The summed E-state index contributed by atoms with van der Waals surface area (Å²) < 4.78 is 5.67. The van der Waals surface area contributed by atoms with Gasteiger partial charge in [-0.25, -0.2) is 4.98 Å². The van der Waals surface area contributed by atoms with Crippen LogP contribution < -0.4 is 10.1 Å². The van der Waals surface area contributed by atoms with Gasteiger partial charge in [-0.15, -0.1) is 11.3 Å². The van der Waals surface area contributed by atoms with Crippen molar-refractivity contribution < 1.29 is 9.53 Å². The molecule has 4 aromatic rings. The molecule has 0 fully saturated rings. The molecule has 0 spiro atoms. The molecule has 8 heteroatoms. The summed E-state index contributed by atoms with van der Waals surface area (Å²) in [6.45, 7) is 0.246. The molecule has 4 rings (SSSR count). The number of amides is 1. The summed E-state index contributed by atoms with van der Waals surface area (Å²) in [6, 6.07) is 12.9. The predicted octanol–water partition coefficient (Wildman–Crippen LogP) is 5.69. The molecule has 2 aromatic carbocycles. The van der Waals surface area contributed by atoms with E-state index in [1.807, 2.05) is 35.8 Å². The Morgan fingerprint density at radius 1 is 1.21 bits per heavy atom. The number of rotatable bonds is 6. The number of hydrogen-bond acceptors (Lipinski definition) is 4. The number of carbonyl (C=O) groups excluding carboxylic acids is 1. The summed E-state index contributed by atoms with van der Waals surface area (Å²) in [6.07, 6.45) is 2.14. The second-order valence-corrected chi connectivity index (χ2v) is 7.79. The maximum atomic E-state index is 12.4. The molecule has 2 aromatic heterocycles. The lowest BCUT2D eigenvalue weighted by Gasteiger charge is -2.06. The molecule has 0 radical (unpaired) electrons. The predicted molar refractivity (Wildman–Crippen MR) is 114 cm³/mol. The van der Waals surface area contributed by atoms with E-state index in [0.717, 1.165) is 16.5 Å². The number of H-pyrrole nitrogens is 1. The Hall–Kier alpha value is -2.54. The minimum atomic E-state index is -0.118. The van der Waals surface area contributed by atoms with Gasteiger partial charge in [0.25, 0.3) is 0 Å². The lowest BCUT2D eigenvalue weighted by Crippen LogP contribution is -2.14. The zero-order valence-corrected chi connectivity index (χ0v) is 16.9. The van der Waals surface area contributed by atoms with Crippen molar-refractivity contribution >= 4 is 56.5 Å². The third-order valence-electron chi connectivity index (χ3n) is 4.09. The number of fused-ring (bicyclic) bond motifs is 1. The Morgan fingerprint density at radius 3 is 2.93 bits per heavy atom. The van der Waals surface area contributed by atoms with Crippen LogP contribution in [0.5, 0.6) is 5.75 Å². The van der Waals surface area contributed by atoms with E-state index >= 15 is 0 Å². The number of ether oxygens (including phenoxy) is 1. The van der Waals surface area contributed by atoms with Crippen LogP contribution in [-0.2, 0) is 17.8 Å². The Labute approximate surface area is 175 Å². The topological polar surface area (TPSA) is 67.0 Å². The van der Waals surface area contributed by atoms with Gasteiger partial charge in [0.05, 0.1) is 17.1 Å². The van der Waals surface area contributed by atoms with Crippen LogP contribution in [-0.4, -0.2) is 15.9 Å². The van der Waals surface area contributed by atoms with Crippen LogP contribution in [0, 0.1) is 0 Å². The fourth-order valence-electron chi connectivity index (χ4n) is 2.79. The first-order chi connectivity index (χ1) is 13.6. The Morgan fingerprint density at radius 2 is 2.07 bits per heavy atom. The Balaban J connectivity index is 1.35. The lowest BCUT2D eigenvalue weighted by molar-refractivity contribution is -0.115. The summed E-state index contributed by atoms with van der Waals surface area (Å²) in [5.74, 6) is 0.413. The molecule has 28 heavy (non-hydrogen) atoms. The number of carbonyl (C=O) groups is 1. The summed E-state index contributed by atoms with van der Waals surface area (Å²) in [5.41, 5.74) is 2.67. The van der Waals surface area contributed by atoms with Crippen molar-refractivity contribution in [2.45, 2.75) is 13.0 Å². The monoisotopic (exact) mass is 431 g/mol. The van der Waals surface area contributed by atoms with Gasteiger partial charge in [0.1, 0.15) is 12.4 Å². The minimum absolute atomic E-state index is 0.118.